The third kappa shape index (κ3) is 7.56. The maximum atomic E-state index is 14.1. The van der Waals surface area contributed by atoms with Crippen LogP contribution in [0.3, 0.4) is 0 Å². The molecule has 4 rings (SSSR count). The summed E-state index contributed by atoms with van der Waals surface area (Å²) in [6.45, 7) is 2.98. The third-order valence-corrected chi connectivity index (χ3v) is 9.69. The molecule has 42 heavy (non-hydrogen) atoms. The lowest BCUT2D eigenvalue weighted by atomic mass is 10.1. The van der Waals surface area contributed by atoms with Crippen molar-refractivity contribution >= 4 is 50.7 Å². The molecule has 0 spiro atoms. The highest BCUT2D eigenvalue weighted by molar-refractivity contribution is 7.92. The highest BCUT2D eigenvalue weighted by Gasteiger charge is 2.34. The van der Waals surface area contributed by atoms with Crippen molar-refractivity contribution in [3.8, 4) is 5.75 Å². The monoisotopic (exact) mass is 631 g/mol. The number of hydrogen-bond acceptors (Lipinski definition) is 5. The minimum Gasteiger partial charge on any atom is -0.495 e. The van der Waals surface area contributed by atoms with Gasteiger partial charge in [-0.1, -0.05) is 65.9 Å². The second-order valence-corrected chi connectivity index (χ2v) is 13.2. The Morgan fingerprint density at radius 1 is 0.976 bits per heavy atom. The molecule has 1 fully saturated rings. The molecule has 0 radical (unpaired) electrons. The number of nitrogens with one attached hydrogen (secondary N) is 1. The molecule has 1 N–H and O–H groups in total. The molecule has 3 aromatic carbocycles. The van der Waals surface area contributed by atoms with Crippen LogP contribution in [0.15, 0.2) is 71.6 Å². The van der Waals surface area contributed by atoms with Gasteiger partial charge in [0.2, 0.25) is 11.8 Å². The van der Waals surface area contributed by atoms with E-state index in [0.717, 1.165) is 41.1 Å². The van der Waals surface area contributed by atoms with Crippen molar-refractivity contribution in [2.45, 2.75) is 63.1 Å². The first-order valence-electron chi connectivity index (χ1n) is 13.8. The van der Waals surface area contributed by atoms with Crippen molar-refractivity contribution in [3.05, 3.63) is 87.9 Å². The number of methoxy groups -OCH3 is 1. The van der Waals surface area contributed by atoms with E-state index in [1.165, 1.54) is 30.2 Å². The summed E-state index contributed by atoms with van der Waals surface area (Å²) in [7, 11) is -2.85. The molecule has 1 unspecified atom stereocenters. The largest absolute Gasteiger partial charge is 0.495 e. The molecule has 3 aromatic rings. The van der Waals surface area contributed by atoms with Gasteiger partial charge in [-0.15, -0.1) is 0 Å². The molecule has 0 aromatic heterocycles. The maximum Gasteiger partial charge on any atom is 0.264 e. The van der Waals surface area contributed by atoms with Gasteiger partial charge in [0.15, 0.2) is 0 Å². The van der Waals surface area contributed by atoms with Gasteiger partial charge in [0, 0.05) is 22.6 Å². The first-order valence-corrected chi connectivity index (χ1v) is 16.0. The predicted octanol–water partition coefficient (Wildman–Crippen LogP) is 5.98. The minimum absolute atomic E-state index is 0.000736. The summed E-state index contributed by atoms with van der Waals surface area (Å²) < 4.78 is 34.6. The van der Waals surface area contributed by atoms with Crippen LogP contribution in [0.2, 0.25) is 10.0 Å². The van der Waals surface area contributed by atoms with Crippen molar-refractivity contribution in [1.29, 1.82) is 0 Å². The predicted molar refractivity (Wildman–Crippen MR) is 166 cm³/mol. The van der Waals surface area contributed by atoms with E-state index in [9.17, 15) is 18.0 Å². The zero-order valence-electron chi connectivity index (χ0n) is 23.8. The summed E-state index contributed by atoms with van der Waals surface area (Å²) in [5.41, 5.74) is 1.73. The van der Waals surface area contributed by atoms with Crippen LogP contribution < -0.4 is 14.4 Å². The molecule has 8 nitrogen and oxygen atoms in total. The SMILES string of the molecule is COc1ccc(Cl)cc1N(CC(=O)N(Cc1ccc(Cl)cc1)C(C)C(=O)NC1CCCC1)S(=O)(=O)c1ccc(C)cc1. The second kappa shape index (κ2) is 13.8. The Kier molecular flexibility index (Phi) is 10.4. The van der Waals surface area contributed by atoms with Gasteiger partial charge in [-0.2, -0.15) is 0 Å². The Labute approximate surface area is 257 Å². The molecule has 0 saturated heterocycles. The van der Waals surface area contributed by atoms with Gasteiger partial charge in [0.25, 0.3) is 10.0 Å². The summed E-state index contributed by atoms with van der Waals surface area (Å²) in [6.07, 6.45) is 3.86. The quantitative estimate of drug-likeness (QED) is 0.281. The van der Waals surface area contributed by atoms with E-state index >= 15 is 0 Å². The topological polar surface area (TPSA) is 96.0 Å². The first kappa shape index (κ1) is 31.7. The number of amides is 2. The number of sulfonamides is 1. The number of nitrogens with zero attached hydrogens (tertiary/aromatic N) is 2. The van der Waals surface area contributed by atoms with Crippen LogP contribution in [0.1, 0.15) is 43.7 Å². The van der Waals surface area contributed by atoms with Crippen LogP contribution in [0.5, 0.6) is 5.75 Å². The molecule has 0 heterocycles. The number of halogens is 2. The highest BCUT2D eigenvalue weighted by atomic mass is 35.5. The average molecular weight is 633 g/mol. The van der Waals surface area contributed by atoms with Crippen LogP contribution in [-0.2, 0) is 26.2 Å². The van der Waals surface area contributed by atoms with Crippen molar-refractivity contribution in [2.75, 3.05) is 18.0 Å². The van der Waals surface area contributed by atoms with Gasteiger partial charge in [-0.3, -0.25) is 13.9 Å². The van der Waals surface area contributed by atoms with Crippen LogP contribution >= 0.6 is 23.2 Å². The Balaban J connectivity index is 1.73. The Hall–Kier alpha value is -3.27. The van der Waals surface area contributed by atoms with Crippen LogP contribution in [-0.4, -0.2) is 50.9 Å². The Bertz CT molecular complexity index is 1510. The minimum atomic E-state index is -4.26. The number of anilines is 1. The molecular weight excluding hydrogens is 597 g/mol. The molecule has 2 amide bonds. The molecule has 1 aliphatic carbocycles. The summed E-state index contributed by atoms with van der Waals surface area (Å²) >= 11 is 12.4. The zero-order chi connectivity index (χ0) is 30.4. The van der Waals surface area contributed by atoms with Crippen LogP contribution in [0, 0.1) is 6.92 Å². The summed E-state index contributed by atoms with van der Waals surface area (Å²) in [4.78, 5) is 28.9. The lowest BCUT2D eigenvalue weighted by Crippen LogP contribution is -2.52. The van der Waals surface area contributed by atoms with Crippen LogP contribution in [0.25, 0.3) is 0 Å². The van der Waals surface area contributed by atoms with Gasteiger partial charge >= 0.3 is 0 Å². The number of benzene rings is 3. The van der Waals surface area contributed by atoms with Gasteiger partial charge < -0.3 is 15.0 Å². The lowest BCUT2D eigenvalue weighted by Gasteiger charge is -2.33. The summed E-state index contributed by atoms with van der Waals surface area (Å²) in [5.74, 6) is -0.645. The van der Waals surface area contributed by atoms with Crippen molar-refractivity contribution in [3.63, 3.8) is 0 Å². The molecule has 0 bridgehead atoms. The van der Waals surface area contributed by atoms with Gasteiger partial charge in [0.05, 0.1) is 17.7 Å². The smallest absolute Gasteiger partial charge is 0.264 e. The first-order chi connectivity index (χ1) is 20.0. The number of rotatable bonds is 11. The fourth-order valence-electron chi connectivity index (χ4n) is 4.97. The van der Waals surface area contributed by atoms with Crippen molar-refractivity contribution in [2.24, 2.45) is 0 Å². The van der Waals surface area contributed by atoms with Gasteiger partial charge in [-0.25, -0.2) is 8.42 Å². The second-order valence-electron chi connectivity index (χ2n) is 10.5. The van der Waals surface area contributed by atoms with E-state index in [4.69, 9.17) is 27.9 Å². The van der Waals surface area contributed by atoms with Crippen LogP contribution in [0.4, 0.5) is 5.69 Å². The molecule has 1 saturated carbocycles. The fourth-order valence-corrected chi connectivity index (χ4v) is 6.68. The average Bonchev–Trinajstić information content (AvgIpc) is 3.48. The Morgan fingerprint density at radius 3 is 2.21 bits per heavy atom. The molecular formula is C31H35Cl2N3O5S. The zero-order valence-corrected chi connectivity index (χ0v) is 26.2. The molecule has 224 valence electrons. The normalized spacial score (nSPS) is 14.3. The van der Waals surface area contributed by atoms with E-state index in [0.29, 0.717) is 5.02 Å². The number of aryl methyl sites for hydroxylation is 1. The van der Waals surface area contributed by atoms with E-state index < -0.39 is 28.5 Å². The van der Waals surface area contributed by atoms with E-state index in [1.807, 2.05) is 6.92 Å². The van der Waals surface area contributed by atoms with Gasteiger partial charge in [0.1, 0.15) is 18.3 Å². The summed E-state index contributed by atoms with van der Waals surface area (Å²) in [5, 5.41) is 3.86. The highest BCUT2D eigenvalue weighted by Crippen LogP contribution is 2.35. The van der Waals surface area contributed by atoms with Gasteiger partial charge in [-0.05, 0) is 74.7 Å². The molecule has 0 aliphatic heterocycles. The molecule has 11 heteroatoms. The van der Waals surface area contributed by atoms with E-state index in [-0.39, 0.29) is 39.8 Å². The maximum absolute atomic E-state index is 14.1. The van der Waals surface area contributed by atoms with E-state index in [1.54, 1.807) is 55.5 Å². The number of hydrogen-bond donors (Lipinski definition) is 1. The third-order valence-electron chi connectivity index (χ3n) is 7.43. The number of carbonyl (C=O) groups is 2. The number of ether oxygens (including phenoxy) is 1. The molecule has 1 atom stereocenters. The molecule has 1 aliphatic rings. The summed E-state index contributed by atoms with van der Waals surface area (Å²) in [6, 6.07) is 17.0. The number of carbonyl (C=O) groups excluding carboxylic acids is 2. The standard InChI is InChI=1S/C31H35Cl2N3O5S/c1-21-8-15-27(16-9-21)42(39,40)36(28-18-25(33)14-17-29(28)41-3)20-30(37)35(19-23-10-12-24(32)13-11-23)22(2)31(38)34-26-6-4-5-7-26/h8-18,22,26H,4-7,19-20H2,1-3H3,(H,34,38). The Morgan fingerprint density at radius 2 is 1.60 bits per heavy atom. The van der Waals surface area contributed by atoms with Crippen molar-refractivity contribution in [1.82, 2.24) is 10.2 Å². The van der Waals surface area contributed by atoms with E-state index in [2.05, 4.69) is 5.32 Å². The fraction of sp³-hybridized carbons (Fsp3) is 0.355. The van der Waals surface area contributed by atoms with Crippen molar-refractivity contribution < 1.29 is 22.7 Å². The lowest BCUT2D eigenvalue weighted by molar-refractivity contribution is -0.139.